The van der Waals surface area contributed by atoms with Gasteiger partial charge in [-0.3, -0.25) is 4.90 Å². The standard InChI is InChI=1S/C16H21F4N3/c17-12-14(13(18)16(20)21-15(12)19)23-9-5-6-11(10-23)22-7-3-1-2-4-8-22/h11H,1-10H2. The average molecular weight is 331 g/mol. The van der Waals surface area contributed by atoms with Gasteiger partial charge in [0.25, 0.3) is 11.9 Å². The van der Waals surface area contributed by atoms with Gasteiger partial charge in [-0.05, 0) is 38.8 Å². The van der Waals surface area contributed by atoms with E-state index >= 15 is 0 Å². The molecule has 0 N–H and O–H groups in total. The molecule has 2 saturated heterocycles. The third-order valence-electron chi connectivity index (χ3n) is 4.84. The summed E-state index contributed by atoms with van der Waals surface area (Å²) in [5.41, 5.74) is -0.616. The molecule has 2 fully saturated rings. The molecule has 1 atom stereocenters. The highest BCUT2D eigenvalue weighted by Gasteiger charge is 2.31. The Morgan fingerprint density at radius 3 is 2.00 bits per heavy atom. The van der Waals surface area contributed by atoms with E-state index in [4.69, 9.17) is 0 Å². The topological polar surface area (TPSA) is 19.4 Å². The summed E-state index contributed by atoms with van der Waals surface area (Å²) in [7, 11) is 0. The van der Waals surface area contributed by atoms with Crippen LogP contribution in [0.4, 0.5) is 23.2 Å². The molecule has 3 rings (SSSR count). The van der Waals surface area contributed by atoms with Crippen molar-refractivity contribution in [2.45, 2.75) is 44.6 Å². The lowest BCUT2D eigenvalue weighted by atomic mass is 10.0. The van der Waals surface area contributed by atoms with Crippen molar-refractivity contribution in [3.05, 3.63) is 23.5 Å². The quantitative estimate of drug-likeness (QED) is 0.611. The van der Waals surface area contributed by atoms with Gasteiger partial charge in [0, 0.05) is 19.1 Å². The predicted octanol–water partition coefficient (Wildman–Crippen LogP) is 3.48. The van der Waals surface area contributed by atoms with Crippen LogP contribution in [0.25, 0.3) is 0 Å². The van der Waals surface area contributed by atoms with Crippen LogP contribution >= 0.6 is 0 Å². The van der Waals surface area contributed by atoms with Crippen molar-refractivity contribution in [1.82, 2.24) is 9.88 Å². The van der Waals surface area contributed by atoms with Gasteiger partial charge in [0.15, 0.2) is 0 Å². The van der Waals surface area contributed by atoms with Crippen molar-refractivity contribution in [1.29, 1.82) is 0 Å². The number of halogens is 4. The van der Waals surface area contributed by atoms with E-state index in [1.165, 1.54) is 17.7 Å². The van der Waals surface area contributed by atoms with Gasteiger partial charge in [0.2, 0.25) is 11.6 Å². The molecular formula is C16H21F4N3. The highest BCUT2D eigenvalue weighted by molar-refractivity contribution is 5.49. The third-order valence-corrected chi connectivity index (χ3v) is 4.84. The zero-order valence-electron chi connectivity index (χ0n) is 13.0. The smallest absolute Gasteiger partial charge is 0.253 e. The maximum absolute atomic E-state index is 14.0. The van der Waals surface area contributed by atoms with E-state index in [2.05, 4.69) is 9.88 Å². The fourth-order valence-electron chi connectivity index (χ4n) is 3.67. The van der Waals surface area contributed by atoms with Crippen LogP contribution in [0, 0.1) is 23.5 Å². The first-order chi connectivity index (χ1) is 11.1. The van der Waals surface area contributed by atoms with E-state index in [0.717, 1.165) is 38.8 Å². The Bertz CT molecular complexity index is 532. The molecule has 0 saturated carbocycles. The van der Waals surface area contributed by atoms with E-state index in [-0.39, 0.29) is 6.04 Å². The van der Waals surface area contributed by atoms with Crippen LogP contribution in [0.15, 0.2) is 0 Å². The normalized spacial score (nSPS) is 23.8. The van der Waals surface area contributed by atoms with Crippen LogP contribution < -0.4 is 4.90 Å². The molecule has 1 unspecified atom stereocenters. The first kappa shape index (κ1) is 16.5. The van der Waals surface area contributed by atoms with E-state index in [0.29, 0.717) is 13.1 Å². The minimum atomic E-state index is -1.59. The number of aromatic nitrogens is 1. The highest BCUT2D eigenvalue weighted by Crippen LogP contribution is 2.30. The molecule has 3 heterocycles. The summed E-state index contributed by atoms with van der Waals surface area (Å²) in [6.45, 7) is 2.73. The van der Waals surface area contributed by atoms with Crippen molar-refractivity contribution >= 4 is 5.69 Å². The Kier molecular flexibility index (Phi) is 5.04. The zero-order chi connectivity index (χ0) is 16.4. The summed E-state index contributed by atoms with van der Waals surface area (Å²) in [5.74, 6) is -5.98. The zero-order valence-corrected chi connectivity index (χ0v) is 13.0. The number of piperidine rings is 1. The first-order valence-corrected chi connectivity index (χ1v) is 8.27. The second kappa shape index (κ2) is 7.03. The molecule has 128 valence electrons. The lowest BCUT2D eigenvalue weighted by molar-refractivity contribution is 0.181. The van der Waals surface area contributed by atoms with Crippen LogP contribution in [0.2, 0.25) is 0 Å². The SMILES string of the molecule is Fc1nc(F)c(F)c(N2CCCC(N3CCCCCC3)C2)c1F. The Morgan fingerprint density at radius 1 is 0.783 bits per heavy atom. The molecule has 1 aromatic rings. The van der Waals surface area contributed by atoms with Gasteiger partial charge in [-0.2, -0.15) is 22.5 Å². The molecule has 0 amide bonds. The van der Waals surface area contributed by atoms with Gasteiger partial charge < -0.3 is 4.90 Å². The van der Waals surface area contributed by atoms with Crippen molar-refractivity contribution in [2.75, 3.05) is 31.1 Å². The fraction of sp³-hybridized carbons (Fsp3) is 0.688. The monoisotopic (exact) mass is 331 g/mol. The van der Waals surface area contributed by atoms with Gasteiger partial charge in [0.05, 0.1) is 0 Å². The minimum absolute atomic E-state index is 0.167. The Balaban J connectivity index is 1.81. The number of anilines is 1. The summed E-state index contributed by atoms with van der Waals surface area (Å²) >= 11 is 0. The molecule has 2 aliphatic heterocycles. The molecule has 0 spiro atoms. The molecule has 0 radical (unpaired) electrons. The van der Waals surface area contributed by atoms with Crippen molar-refractivity contribution < 1.29 is 17.6 Å². The number of nitrogens with zero attached hydrogens (tertiary/aromatic N) is 3. The van der Waals surface area contributed by atoms with Gasteiger partial charge in [-0.15, -0.1) is 0 Å². The molecule has 7 heteroatoms. The van der Waals surface area contributed by atoms with E-state index < -0.39 is 29.2 Å². The Labute approximate surface area is 133 Å². The minimum Gasteiger partial charge on any atom is -0.365 e. The maximum Gasteiger partial charge on any atom is 0.253 e. The van der Waals surface area contributed by atoms with Gasteiger partial charge >= 0.3 is 0 Å². The van der Waals surface area contributed by atoms with Crippen molar-refractivity contribution in [3.63, 3.8) is 0 Å². The van der Waals surface area contributed by atoms with Crippen LogP contribution in [0.3, 0.4) is 0 Å². The summed E-state index contributed by atoms with van der Waals surface area (Å²) in [4.78, 5) is 6.41. The van der Waals surface area contributed by atoms with Gasteiger partial charge in [-0.1, -0.05) is 12.8 Å². The number of pyridine rings is 1. The molecule has 2 aliphatic rings. The number of hydrogen-bond donors (Lipinski definition) is 0. The largest absolute Gasteiger partial charge is 0.365 e. The summed E-state index contributed by atoms with van der Waals surface area (Å²) in [5, 5.41) is 0. The lowest BCUT2D eigenvalue weighted by Gasteiger charge is -2.40. The molecule has 0 aliphatic carbocycles. The molecule has 0 aromatic carbocycles. The number of hydrogen-bond acceptors (Lipinski definition) is 3. The predicted molar refractivity (Wildman–Crippen MR) is 79.3 cm³/mol. The highest BCUT2D eigenvalue weighted by atomic mass is 19.2. The first-order valence-electron chi connectivity index (χ1n) is 8.27. The second-order valence-electron chi connectivity index (χ2n) is 6.36. The summed E-state index contributed by atoms with van der Waals surface area (Å²) < 4.78 is 54.6. The van der Waals surface area contributed by atoms with E-state index in [1.807, 2.05) is 0 Å². The maximum atomic E-state index is 14.0. The lowest BCUT2D eigenvalue weighted by Crippen LogP contribution is -2.49. The number of rotatable bonds is 2. The van der Waals surface area contributed by atoms with Crippen molar-refractivity contribution in [2.24, 2.45) is 0 Å². The van der Waals surface area contributed by atoms with E-state index in [1.54, 1.807) is 0 Å². The number of likely N-dealkylation sites (tertiary alicyclic amines) is 1. The van der Waals surface area contributed by atoms with E-state index in [9.17, 15) is 17.6 Å². The molecule has 23 heavy (non-hydrogen) atoms. The molecule has 3 nitrogen and oxygen atoms in total. The molecular weight excluding hydrogens is 310 g/mol. The molecule has 1 aromatic heterocycles. The third kappa shape index (κ3) is 3.44. The van der Waals surface area contributed by atoms with Crippen LogP contribution in [-0.2, 0) is 0 Å². The summed E-state index contributed by atoms with van der Waals surface area (Å²) in [6, 6.07) is 0.167. The molecule has 0 bridgehead atoms. The Morgan fingerprint density at radius 2 is 1.39 bits per heavy atom. The van der Waals surface area contributed by atoms with Crippen molar-refractivity contribution in [3.8, 4) is 0 Å². The van der Waals surface area contributed by atoms with Gasteiger partial charge in [0.1, 0.15) is 5.69 Å². The summed E-state index contributed by atoms with van der Waals surface area (Å²) in [6.07, 6.45) is 6.34. The fourth-order valence-corrected chi connectivity index (χ4v) is 3.67. The van der Waals surface area contributed by atoms with Gasteiger partial charge in [-0.25, -0.2) is 0 Å². The average Bonchev–Trinajstić information content (AvgIpc) is 2.83. The Hall–Kier alpha value is -1.37. The van der Waals surface area contributed by atoms with Crippen LogP contribution in [0.5, 0.6) is 0 Å². The van der Waals surface area contributed by atoms with Crippen LogP contribution in [-0.4, -0.2) is 42.1 Å². The van der Waals surface area contributed by atoms with Crippen LogP contribution in [0.1, 0.15) is 38.5 Å². The second-order valence-corrected chi connectivity index (χ2v) is 6.36.